The van der Waals surface area contributed by atoms with Crippen molar-refractivity contribution in [1.82, 2.24) is 10.5 Å². The molecule has 7 heteroatoms. The van der Waals surface area contributed by atoms with E-state index in [0.29, 0.717) is 17.1 Å². The van der Waals surface area contributed by atoms with E-state index in [4.69, 9.17) is 26.3 Å². The van der Waals surface area contributed by atoms with Crippen LogP contribution in [0.25, 0.3) is 11.5 Å². The highest BCUT2D eigenvalue weighted by atomic mass is 35.5. The molecule has 0 bridgehead atoms. The maximum Gasteiger partial charge on any atom is 0.259 e. The van der Waals surface area contributed by atoms with Gasteiger partial charge in [-0.05, 0) is 60.7 Å². The highest BCUT2D eigenvalue weighted by Crippen LogP contribution is 2.38. The number of furan rings is 1. The second kappa shape index (κ2) is 6.75. The van der Waals surface area contributed by atoms with Gasteiger partial charge in [0.1, 0.15) is 5.56 Å². The lowest BCUT2D eigenvalue weighted by molar-refractivity contribution is 0.0905. The number of hydrogen-bond donors (Lipinski definition) is 2. The molecular formula is C18H24ClN3O3. The third kappa shape index (κ3) is 3.84. The van der Waals surface area contributed by atoms with Crippen molar-refractivity contribution in [3.63, 3.8) is 0 Å². The van der Waals surface area contributed by atoms with Crippen LogP contribution in [0.1, 0.15) is 56.8 Å². The third-order valence-corrected chi connectivity index (χ3v) is 5.24. The zero-order chi connectivity index (χ0) is 18.2. The molecule has 1 saturated carbocycles. The van der Waals surface area contributed by atoms with E-state index in [0.717, 1.165) is 25.7 Å². The van der Waals surface area contributed by atoms with Crippen LogP contribution in [-0.4, -0.2) is 17.1 Å². The van der Waals surface area contributed by atoms with E-state index >= 15 is 0 Å². The summed E-state index contributed by atoms with van der Waals surface area (Å²) < 4.78 is 10.3. The van der Waals surface area contributed by atoms with Crippen LogP contribution in [0.15, 0.2) is 21.1 Å². The molecule has 2 aromatic heterocycles. The molecule has 2 aromatic rings. The first-order valence-corrected chi connectivity index (χ1v) is 8.95. The molecule has 1 aliphatic carbocycles. The minimum Gasteiger partial charge on any atom is -0.443 e. The molecule has 1 aliphatic rings. The molecule has 1 fully saturated rings. The van der Waals surface area contributed by atoms with Crippen molar-refractivity contribution in [1.29, 1.82) is 0 Å². The standard InChI is InChI=1S/C18H24ClN3O3/c1-18(2,3)10-4-6-11(7-5-10)21-17(23)14-15(22-25-16(14)20)12-8-9-13(19)24-12/h8-11H,4-7,20H2,1-3H3,(H,21,23). The molecule has 6 nitrogen and oxygen atoms in total. The number of nitrogens with zero attached hydrogens (tertiary/aromatic N) is 1. The van der Waals surface area contributed by atoms with E-state index in [1.54, 1.807) is 12.1 Å². The highest BCUT2D eigenvalue weighted by Gasteiger charge is 2.32. The summed E-state index contributed by atoms with van der Waals surface area (Å²) in [5, 5.41) is 7.11. The Hall–Kier alpha value is -1.95. The minimum absolute atomic E-state index is 0.0246. The molecule has 0 radical (unpaired) electrons. The van der Waals surface area contributed by atoms with E-state index in [1.165, 1.54) is 0 Å². The Balaban J connectivity index is 1.70. The molecule has 0 aliphatic heterocycles. The number of halogens is 1. The Kier molecular flexibility index (Phi) is 4.82. The van der Waals surface area contributed by atoms with Crippen molar-refractivity contribution in [2.24, 2.45) is 11.3 Å². The summed E-state index contributed by atoms with van der Waals surface area (Å²) in [6, 6.07) is 3.34. The van der Waals surface area contributed by atoms with E-state index < -0.39 is 0 Å². The van der Waals surface area contributed by atoms with Crippen molar-refractivity contribution in [2.75, 3.05) is 5.73 Å². The minimum atomic E-state index is -0.291. The summed E-state index contributed by atoms with van der Waals surface area (Å²) in [5.41, 5.74) is 6.58. The molecule has 1 amide bonds. The number of anilines is 1. The molecule has 0 unspecified atom stereocenters. The molecule has 25 heavy (non-hydrogen) atoms. The SMILES string of the molecule is CC(C)(C)C1CCC(NC(=O)c2c(-c3ccc(Cl)o3)noc2N)CC1. The van der Waals surface area contributed by atoms with Gasteiger partial charge in [0.05, 0.1) is 0 Å². The van der Waals surface area contributed by atoms with Crippen LogP contribution in [0.2, 0.25) is 5.22 Å². The van der Waals surface area contributed by atoms with Crippen LogP contribution in [0, 0.1) is 11.3 Å². The summed E-state index contributed by atoms with van der Waals surface area (Å²) in [4.78, 5) is 12.7. The number of amides is 1. The van der Waals surface area contributed by atoms with Crippen LogP contribution >= 0.6 is 11.6 Å². The normalized spacial score (nSPS) is 21.3. The van der Waals surface area contributed by atoms with Crippen molar-refractivity contribution in [3.05, 3.63) is 22.9 Å². The smallest absolute Gasteiger partial charge is 0.259 e. The Labute approximate surface area is 152 Å². The van der Waals surface area contributed by atoms with E-state index in [9.17, 15) is 4.79 Å². The van der Waals surface area contributed by atoms with Crippen LogP contribution in [-0.2, 0) is 0 Å². The Bertz CT molecular complexity index is 752. The Morgan fingerprint density at radius 3 is 2.52 bits per heavy atom. The van der Waals surface area contributed by atoms with Gasteiger partial charge in [0, 0.05) is 6.04 Å². The molecule has 0 atom stereocenters. The second-order valence-electron chi connectivity index (χ2n) is 7.76. The maximum absolute atomic E-state index is 12.7. The maximum atomic E-state index is 12.7. The number of aromatic nitrogens is 1. The Morgan fingerprint density at radius 2 is 1.96 bits per heavy atom. The molecular weight excluding hydrogens is 342 g/mol. The molecule has 136 valence electrons. The van der Waals surface area contributed by atoms with Crippen molar-refractivity contribution in [3.8, 4) is 11.5 Å². The fourth-order valence-corrected chi connectivity index (χ4v) is 3.64. The van der Waals surface area contributed by atoms with Crippen LogP contribution in [0.4, 0.5) is 5.88 Å². The molecule has 3 N–H and O–H groups in total. The van der Waals surface area contributed by atoms with Crippen LogP contribution in [0.5, 0.6) is 0 Å². The van der Waals surface area contributed by atoms with Crippen molar-refractivity contribution in [2.45, 2.75) is 52.5 Å². The van der Waals surface area contributed by atoms with Crippen molar-refractivity contribution >= 4 is 23.4 Å². The van der Waals surface area contributed by atoms with Gasteiger partial charge in [0.15, 0.2) is 16.7 Å². The molecule has 3 rings (SSSR count). The molecule has 0 spiro atoms. The van der Waals surface area contributed by atoms with E-state index in [2.05, 4.69) is 31.2 Å². The summed E-state index contributed by atoms with van der Waals surface area (Å²) in [7, 11) is 0. The number of nitrogen functional groups attached to an aromatic ring is 1. The van der Waals surface area contributed by atoms with Gasteiger partial charge in [0.25, 0.3) is 5.91 Å². The lowest BCUT2D eigenvalue weighted by Gasteiger charge is -2.37. The van der Waals surface area contributed by atoms with Gasteiger partial charge < -0.3 is 20.0 Å². The second-order valence-corrected chi connectivity index (χ2v) is 8.13. The zero-order valence-electron chi connectivity index (χ0n) is 14.8. The van der Waals surface area contributed by atoms with Gasteiger partial charge in [0.2, 0.25) is 5.88 Å². The summed E-state index contributed by atoms with van der Waals surface area (Å²) in [6.07, 6.45) is 4.13. The number of carbonyl (C=O) groups is 1. The molecule has 0 aromatic carbocycles. The molecule has 0 saturated heterocycles. The number of rotatable bonds is 3. The number of hydrogen-bond acceptors (Lipinski definition) is 5. The predicted molar refractivity (Wildman–Crippen MR) is 96.3 cm³/mol. The summed E-state index contributed by atoms with van der Waals surface area (Å²) >= 11 is 5.80. The van der Waals surface area contributed by atoms with Gasteiger partial charge in [-0.3, -0.25) is 4.79 Å². The lowest BCUT2D eigenvalue weighted by atomic mass is 9.71. The quantitative estimate of drug-likeness (QED) is 0.834. The average Bonchev–Trinajstić information content (AvgIpc) is 3.12. The predicted octanol–water partition coefficient (Wildman–Crippen LogP) is 4.50. The van der Waals surface area contributed by atoms with Gasteiger partial charge >= 0.3 is 0 Å². The van der Waals surface area contributed by atoms with Crippen LogP contribution in [0.3, 0.4) is 0 Å². The largest absolute Gasteiger partial charge is 0.443 e. The summed E-state index contributed by atoms with van der Waals surface area (Å²) in [5.74, 6) is 0.720. The monoisotopic (exact) mass is 365 g/mol. The number of nitrogens with one attached hydrogen (secondary N) is 1. The first kappa shape index (κ1) is 17.9. The van der Waals surface area contributed by atoms with Gasteiger partial charge in [-0.25, -0.2) is 0 Å². The van der Waals surface area contributed by atoms with Crippen molar-refractivity contribution < 1.29 is 13.7 Å². The first-order chi connectivity index (χ1) is 11.8. The van der Waals surface area contributed by atoms with E-state index in [1.807, 2.05) is 0 Å². The Morgan fingerprint density at radius 1 is 1.28 bits per heavy atom. The first-order valence-electron chi connectivity index (χ1n) is 8.57. The fraction of sp³-hybridized carbons (Fsp3) is 0.556. The summed E-state index contributed by atoms with van der Waals surface area (Å²) in [6.45, 7) is 6.82. The number of nitrogens with two attached hydrogens (primary N) is 1. The third-order valence-electron chi connectivity index (χ3n) is 5.04. The zero-order valence-corrected chi connectivity index (χ0v) is 15.5. The molecule has 2 heterocycles. The average molecular weight is 366 g/mol. The van der Waals surface area contributed by atoms with Gasteiger partial charge in [-0.2, -0.15) is 0 Å². The van der Waals surface area contributed by atoms with E-state index in [-0.39, 0.29) is 34.3 Å². The lowest BCUT2D eigenvalue weighted by Crippen LogP contribution is -2.39. The topological polar surface area (TPSA) is 94.3 Å². The fourth-order valence-electron chi connectivity index (χ4n) is 3.49. The van der Waals surface area contributed by atoms with Gasteiger partial charge in [-0.15, -0.1) is 0 Å². The van der Waals surface area contributed by atoms with Gasteiger partial charge in [-0.1, -0.05) is 25.9 Å². The number of carbonyl (C=O) groups excluding carboxylic acids is 1. The van der Waals surface area contributed by atoms with Crippen LogP contribution < -0.4 is 11.1 Å². The highest BCUT2D eigenvalue weighted by molar-refractivity contribution is 6.29.